The molecule has 6 nitrogen and oxygen atoms in total. The van der Waals surface area contributed by atoms with Crippen molar-refractivity contribution >= 4 is 11.0 Å². The van der Waals surface area contributed by atoms with Gasteiger partial charge in [-0.25, -0.2) is 13.9 Å². The third-order valence-electron chi connectivity index (χ3n) is 4.91. The maximum Gasteiger partial charge on any atom is 0.336 e. The average molecular weight is 398 g/mol. The van der Waals surface area contributed by atoms with Crippen molar-refractivity contribution in [3.8, 4) is 11.1 Å². The van der Waals surface area contributed by atoms with Crippen LogP contribution in [0.5, 0.6) is 0 Å². The van der Waals surface area contributed by atoms with Gasteiger partial charge in [0.15, 0.2) is 0 Å². The van der Waals surface area contributed by atoms with Crippen molar-refractivity contribution in [2.45, 2.75) is 6.04 Å². The van der Waals surface area contributed by atoms with Crippen LogP contribution in [0.3, 0.4) is 0 Å². The number of nitrogens with zero attached hydrogens (tertiary/aromatic N) is 4. The van der Waals surface area contributed by atoms with E-state index in [0.29, 0.717) is 11.1 Å². The van der Waals surface area contributed by atoms with E-state index in [1.54, 1.807) is 35.4 Å². The molecule has 3 aromatic heterocycles. The molecule has 0 N–H and O–H groups in total. The SMILES string of the molecule is O=c1cc(-c2ccc(F)cc2)c2ccc(C(c3ccccn3)n3ccnn3)cc2o1. The molecule has 0 aliphatic rings. The zero-order chi connectivity index (χ0) is 20.5. The Kier molecular flexibility index (Phi) is 4.40. The quantitative estimate of drug-likeness (QED) is 0.424. The number of aromatic nitrogens is 4. The third kappa shape index (κ3) is 3.26. The van der Waals surface area contributed by atoms with Gasteiger partial charge in [0, 0.05) is 23.8 Å². The second kappa shape index (κ2) is 7.36. The molecule has 146 valence electrons. The minimum Gasteiger partial charge on any atom is -0.423 e. The number of hydrogen-bond acceptors (Lipinski definition) is 5. The van der Waals surface area contributed by atoms with Gasteiger partial charge >= 0.3 is 5.63 Å². The van der Waals surface area contributed by atoms with Crippen molar-refractivity contribution in [3.63, 3.8) is 0 Å². The van der Waals surface area contributed by atoms with Crippen molar-refractivity contribution in [2.24, 2.45) is 0 Å². The van der Waals surface area contributed by atoms with E-state index in [-0.39, 0.29) is 11.9 Å². The fourth-order valence-corrected chi connectivity index (χ4v) is 3.57. The van der Waals surface area contributed by atoms with E-state index < -0.39 is 5.63 Å². The van der Waals surface area contributed by atoms with Gasteiger partial charge in [0.2, 0.25) is 0 Å². The summed E-state index contributed by atoms with van der Waals surface area (Å²) in [6.45, 7) is 0. The Hall–Kier alpha value is -4.13. The van der Waals surface area contributed by atoms with Crippen LogP contribution in [0.15, 0.2) is 94.5 Å². The van der Waals surface area contributed by atoms with Gasteiger partial charge in [-0.1, -0.05) is 35.5 Å². The Balaban J connectivity index is 1.69. The molecule has 0 radical (unpaired) electrons. The summed E-state index contributed by atoms with van der Waals surface area (Å²) in [4.78, 5) is 16.7. The van der Waals surface area contributed by atoms with Crippen LogP contribution in [-0.2, 0) is 0 Å². The largest absolute Gasteiger partial charge is 0.423 e. The summed E-state index contributed by atoms with van der Waals surface area (Å²) in [6, 6.07) is 18.4. The summed E-state index contributed by atoms with van der Waals surface area (Å²) < 4.78 is 20.5. The molecule has 0 fully saturated rings. The number of pyridine rings is 1. The lowest BCUT2D eigenvalue weighted by atomic mass is 9.97. The van der Waals surface area contributed by atoms with Gasteiger partial charge in [0.1, 0.15) is 17.4 Å². The predicted molar refractivity (Wildman–Crippen MR) is 109 cm³/mol. The first-order valence-corrected chi connectivity index (χ1v) is 9.29. The number of benzene rings is 2. The van der Waals surface area contributed by atoms with Crippen molar-refractivity contribution in [1.29, 1.82) is 0 Å². The van der Waals surface area contributed by atoms with Gasteiger partial charge in [-0.2, -0.15) is 0 Å². The van der Waals surface area contributed by atoms with Crippen LogP contribution in [0, 0.1) is 5.82 Å². The molecule has 0 saturated heterocycles. The maximum absolute atomic E-state index is 13.3. The smallest absolute Gasteiger partial charge is 0.336 e. The first kappa shape index (κ1) is 17.9. The lowest BCUT2D eigenvalue weighted by Crippen LogP contribution is -2.14. The highest BCUT2D eigenvalue weighted by atomic mass is 19.1. The van der Waals surface area contributed by atoms with E-state index in [9.17, 15) is 9.18 Å². The molecule has 0 aliphatic carbocycles. The van der Waals surface area contributed by atoms with Gasteiger partial charge < -0.3 is 4.42 Å². The molecule has 2 aromatic carbocycles. The average Bonchev–Trinajstić information content (AvgIpc) is 3.29. The van der Waals surface area contributed by atoms with Gasteiger partial charge in [-0.3, -0.25) is 4.98 Å². The van der Waals surface area contributed by atoms with Gasteiger partial charge in [-0.05, 0) is 47.0 Å². The van der Waals surface area contributed by atoms with Crippen LogP contribution in [0.25, 0.3) is 22.1 Å². The summed E-state index contributed by atoms with van der Waals surface area (Å²) in [5, 5.41) is 8.80. The highest BCUT2D eigenvalue weighted by Crippen LogP contribution is 2.31. The van der Waals surface area contributed by atoms with E-state index in [1.165, 1.54) is 18.2 Å². The molecule has 5 aromatic rings. The molecule has 0 spiro atoms. The van der Waals surface area contributed by atoms with E-state index in [2.05, 4.69) is 15.3 Å². The molecule has 0 saturated carbocycles. The van der Waals surface area contributed by atoms with E-state index in [1.807, 2.05) is 36.4 Å². The summed E-state index contributed by atoms with van der Waals surface area (Å²) in [7, 11) is 0. The molecular weight excluding hydrogens is 383 g/mol. The number of halogens is 1. The Morgan fingerprint density at radius 2 is 1.83 bits per heavy atom. The zero-order valence-electron chi connectivity index (χ0n) is 15.6. The Labute approximate surface area is 170 Å². The first-order chi connectivity index (χ1) is 14.7. The van der Waals surface area contributed by atoms with Crippen LogP contribution in [-0.4, -0.2) is 20.0 Å². The molecule has 1 unspecified atom stereocenters. The van der Waals surface area contributed by atoms with Crippen LogP contribution >= 0.6 is 0 Å². The molecule has 0 aliphatic heterocycles. The minimum atomic E-state index is -0.478. The number of rotatable bonds is 4. The molecule has 1 atom stereocenters. The van der Waals surface area contributed by atoms with Gasteiger partial charge in [0.25, 0.3) is 0 Å². The van der Waals surface area contributed by atoms with Crippen molar-refractivity contribution in [2.75, 3.05) is 0 Å². The summed E-state index contributed by atoms with van der Waals surface area (Å²) >= 11 is 0. The third-order valence-corrected chi connectivity index (χ3v) is 4.91. The topological polar surface area (TPSA) is 73.8 Å². The summed E-state index contributed by atoms with van der Waals surface area (Å²) in [6.07, 6.45) is 5.07. The van der Waals surface area contributed by atoms with Gasteiger partial charge in [0.05, 0.1) is 11.9 Å². The van der Waals surface area contributed by atoms with Crippen LogP contribution in [0.4, 0.5) is 4.39 Å². The monoisotopic (exact) mass is 398 g/mol. The van der Waals surface area contributed by atoms with Crippen molar-refractivity contribution < 1.29 is 8.81 Å². The lowest BCUT2D eigenvalue weighted by molar-refractivity contribution is 0.549. The molecule has 0 bridgehead atoms. The van der Waals surface area contributed by atoms with E-state index in [4.69, 9.17) is 4.42 Å². The summed E-state index contributed by atoms with van der Waals surface area (Å²) in [5.74, 6) is -0.334. The fraction of sp³-hybridized carbons (Fsp3) is 0.0435. The Morgan fingerprint density at radius 1 is 0.967 bits per heavy atom. The molecule has 0 amide bonds. The molecule has 5 rings (SSSR count). The Bertz CT molecular complexity index is 1360. The van der Waals surface area contributed by atoms with E-state index >= 15 is 0 Å². The normalized spacial score (nSPS) is 12.2. The van der Waals surface area contributed by atoms with Crippen molar-refractivity contribution in [1.82, 2.24) is 20.0 Å². The first-order valence-electron chi connectivity index (χ1n) is 9.29. The van der Waals surface area contributed by atoms with Crippen molar-refractivity contribution in [3.05, 3.63) is 113 Å². The highest BCUT2D eigenvalue weighted by Gasteiger charge is 2.20. The zero-order valence-corrected chi connectivity index (χ0v) is 15.6. The van der Waals surface area contributed by atoms with Crippen LogP contribution in [0.1, 0.15) is 17.3 Å². The molecule has 7 heteroatoms. The summed E-state index contributed by atoms with van der Waals surface area (Å²) in [5.41, 5.74) is 2.99. The maximum atomic E-state index is 13.3. The van der Waals surface area contributed by atoms with Crippen LogP contribution in [0.2, 0.25) is 0 Å². The molecule has 3 heterocycles. The second-order valence-electron chi connectivity index (χ2n) is 6.78. The molecular formula is C23H15FN4O2. The Morgan fingerprint density at radius 3 is 2.57 bits per heavy atom. The predicted octanol–water partition coefficient (Wildman–Crippen LogP) is 4.22. The second-order valence-corrected chi connectivity index (χ2v) is 6.78. The molecule has 30 heavy (non-hydrogen) atoms. The lowest BCUT2D eigenvalue weighted by Gasteiger charge is -2.17. The van der Waals surface area contributed by atoms with Crippen LogP contribution < -0.4 is 5.63 Å². The van der Waals surface area contributed by atoms with E-state index in [0.717, 1.165) is 22.2 Å². The number of hydrogen-bond donors (Lipinski definition) is 0. The van der Waals surface area contributed by atoms with Gasteiger partial charge in [-0.15, -0.1) is 5.10 Å². The number of fused-ring (bicyclic) bond motifs is 1. The fourth-order valence-electron chi connectivity index (χ4n) is 3.57. The minimum absolute atomic E-state index is 0.334. The standard InChI is InChI=1S/C23H15FN4O2/c24-17-7-4-15(5-8-17)19-14-22(29)30-21-13-16(6-9-18(19)21)23(28-12-11-26-27-28)20-3-1-2-10-25-20/h1-14,23H. The highest BCUT2D eigenvalue weighted by molar-refractivity contribution is 5.93.